The van der Waals surface area contributed by atoms with Gasteiger partial charge in [-0.25, -0.2) is 0 Å². The Balaban J connectivity index is 2.79. The summed E-state index contributed by atoms with van der Waals surface area (Å²) in [4.78, 5) is 0. The van der Waals surface area contributed by atoms with E-state index < -0.39 is 11.7 Å². The van der Waals surface area contributed by atoms with Crippen molar-refractivity contribution in [1.82, 2.24) is 0 Å². The van der Waals surface area contributed by atoms with Gasteiger partial charge < -0.3 is 10.4 Å². The number of rotatable bonds is 7. The highest BCUT2D eigenvalue weighted by molar-refractivity contribution is 5.53. The molecule has 21 heavy (non-hydrogen) atoms. The zero-order chi connectivity index (χ0) is 15.9. The first-order valence-electron chi connectivity index (χ1n) is 6.88. The average Bonchev–Trinajstić information content (AvgIpc) is 2.44. The van der Waals surface area contributed by atoms with Gasteiger partial charge in [-0.1, -0.05) is 13.3 Å². The molecule has 0 bridgehead atoms. The Bertz CT molecular complexity index is 489. The molecule has 1 unspecified atom stereocenters. The number of halogens is 3. The molecule has 2 N–H and O–H groups in total. The SMILES string of the molecule is CCCC(CCO)CNc1ccc(C(F)(F)F)c(C#N)c1. The lowest BCUT2D eigenvalue weighted by Gasteiger charge is -2.17. The maximum atomic E-state index is 12.7. The molecular weight excluding hydrogens is 281 g/mol. The molecule has 0 radical (unpaired) electrons. The molecule has 0 fully saturated rings. The molecule has 0 aliphatic carbocycles. The first kappa shape index (κ1) is 17.3. The summed E-state index contributed by atoms with van der Waals surface area (Å²) >= 11 is 0. The Morgan fingerprint density at radius 1 is 1.33 bits per heavy atom. The second kappa shape index (κ2) is 7.89. The van der Waals surface area contributed by atoms with Gasteiger partial charge in [-0.3, -0.25) is 0 Å². The van der Waals surface area contributed by atoms with Crippen molar-refractivity contribution in [2.24, 2.45) is 5.92 Å². The van der Waals surface area contributed by atoms with Crippen LogP contribution in [-0.4, -0.2) is 18.3 Å². The summed E-state index contributed by atoms with van der Waals surface area (Å²) in [6.45, 7) is 2.68. The zero-order valence-corrected chi connectivity index (χ0v) is 11.9. The number of nitrogens with zero attached hydrogens (tertiary/aromatic N) is 1. The third-order valence-corrected chi connectivity index (χ3v) is 3.27. The summed E-state index contributed by atoms with van der Waals surface area (Å²) in [6.07, 6.45) is -1.97. The van der Waals surface area contributed by atoms with Gasteiger partial charge in [0.15, 0.2) is 0 Å². The molecule has 0 amide bonds. The molecule has 0 heterocycles. The number of nitriles is 1. The molecule has 0 saturated heterocycles. The standard InChI is InChI=1S/C15H19F3N2O/c1-2-3-11(6-7-21)10-20-13-4-5-14(15(16,17)18)12(8-13)9-19/h4-5,8,11,20-21H,2-3,6-7,10H2,1H3. The quantitative estimate of drug-likeness (QED) is 0.805. The molecule has 1 aromatic carbocycles. The molecule has 1 aromatic rings. The van der Waals surface area contributed by atoms with Crippen molar-refractivity contribution in [3.8, 4) is 6.07 Å². The van der Waals surface area contributed by atoms with E-state index in [1.165, 1.54) is 12.1 Å². The van der Waals surface area contributed by atoms with E-state index in [0.717, 1.165) is 18.9 Å². The van der Waals surface area contributed by atoms with Crippen LogP contribution in [-0.2, 0) is 6.18 Å². The van der Waals surface area contributed by atoms with Crippen LogP contribution in [0.15, 0.2) is 18.2 Å². The number of anilines is 1. The molecule has 116 valence electrons. The van der Waals surface area contributed by atoms with Crippen molar-refractivity contribution in [3.05, 3.63) is 29.3 Å². The molecule has 0 aliphatic heterocycles. The zero-order valence-electron chi connectivity index (χ0n) is 11.9. The van der Waals surface area contributed by atoms with E-state index in [0.29, 0.717) is 18.7 Å². The molecule has 0 aliphatic rings. The van der Waals surface area contributed by atoms with E-state index in [1.54, 1.807) is 6.07 Å². The Morgan fingerprint density at radius 3 is 2.57 bits per heavy atom. The minimum Gasteiger partial charge on any atom is -0.396 e. The third kappa shape index (κ3) is 5.27. The van der Waals surface area contributed by atoms with Gasteiger partial charge in [0.05, 0.1) is 17.2 Å². The van der Waals surface area contributed by atoms with Gasteiger partial charge in [0.25, 0.3) is 0 Å². The summed E-state index contributed by atoms with van der Waals surface area (Å²) in [5.74, 6) is 0.257. The molecule has 1 atom stereocenters. The van der Waals surface area contributed by atoms with Crippen LogP contribution in [0.5, 0.6) is 0 Å². The highest BCUT2D eigenvalue weighted by atomic mass is 19.4. The number of benzene rings is 1. The molecule has 0 spiro atoms. The second-order valence-electron chi connectivity index (χ2n) is 4.92. The highest BCUT2D eigenvalue weighted by Gasteiger charge is 2.33. The predicted octanol–water partition coefficient (Wildman–Crippen LogP) is 3.79. The largest absolute Gasteiger partial charge is 0.417 e. The Hall–Kier alpha value is -1.74. The lowest BCUT2D eigenvalue weighted by molar-refractivity contribution is -0.137. The van der Waals surface area contributed by atoms with E-state index in [9.17, 15) is 13.2 Å². The van der Waals surface area contributed by atoms with E-state index in [4.69, 9.17) is 10.4 Å². The summed E-state index contributed by atoms with van der Waals surface area (Å²) in [5.41, 5.74) is -0.823. The highest BCUT2D eigenvalue weighted by Crippen LogP contribution is 2.33. The second-order valence-corrected chi connectivity index (χ2v) is 4.92. The van der Waals surface area contributed by atoms with Gasteiger partial charge in [0, 0.05) is 18.8 Å². The first-order chi connectivity index (χ1) is 9.92. The van der Waals surface area contributed by atoms with Crippen molar-refractivity contribution in [1.29, 1.82) is 5.26 Å². The fraction of sp³-hybridized carbons (Fsp3) is 0.533. The minimum absolute atomic E-state index is 0.0861. The van der Waals surface area contributed by atoms with Crippen molar-refractivity contribution in [3.63, 3.8) is 0 Å². The number of hydrogen-bond donors (Lipinski definition) is 2. The normalized spacial score (nSPS) is 12.8. The molecule has 0 aromatic heterocycles. The molecular formula is C15H19F3N2O. The van der Waals surface area contributed by atoms with Crippen LogP contribution in [0.1, 0.15) is 37.3 Å². The Kier molecular flexibility index (Phi) is 6.50. The van der Waals surface area contributed by atoms with E-state index in [2.05, 4.69) is 5.32 Å². The van der Waals surface area contributed by atoms with Crippen molar-refractivity contribution >= 4 is 5.69 Å². The number of aliphatic hydroxyl groups excluding tert-OH is 1. The van der Waals surface area contributed by atoms with Crippen LogP contribution in [0.2, 0.25) is 0 Å². The van der Waals surface area contributed by atoms with Crippen molar-refractivity contribution < 1.29 is 18.3 Å². The topological polar surface area (TPSA) is 56.0 Å². The Labute approximate surface area is 122 Å². The predicted molar refractivity (Wildman–Crippen MR) is 74.7 cm³/mol. The number of aliphatic hydroxyl groups is 1. The summed E-state index contributed by atoms with van der Waals surface area (Å²) < 4.78 is 38.0. The maximum absolute atomic E-state index is 12.7. The monoisotopic (exact) mass is 300 g/mol. The first-order valence-corrected chi connectivity index (χ1v) is 6.88. The van der Waals surface area contributed by atoms with E-state index >= 15 is 0 Å². The van der Waals surface area contributed by atoms with Gasteiger partial charge in [-0.05, 0) is 37.0 Å². The van der Waals surface area contributed by atoms with Crippen LogP contribution in [0, 0.1) is 17.2 Å². The molecule has 1 rings (SSSR count). The van der Waals surface area contributed by atoms with Crippen molar-refractivity contribution in [2.45, 2.75) is 32.4 Å². The molecule has 6 heteroatoms. The molecule has 3 nitrogen and oxygen atoms in total. The van der Waals surface area contributed by atoms with Crippen LogP contribution in [0.4, 0.5) is 18.9 Å². The fourth-order valence-electron chi connectivity index (χ4n) is 2.20. The third-order valence-electron chi connectivity index (χ3n) is 3.27. The smallest absolute Gasteiger partial charge is 0.396 e. The van der Waals surface area contributed by atoms with Crippen LogP contribution in [0.25, 0.3) is 0 Å². The van der Waals surface area contributed by atoms with Gasteiger partial charge in [-0.15, -0.1) is 0 Å². The number of nitrogens with one attached hydrogen (secondary N) is 1. The molecule has 0 saturated carbocycles. The number of hydrogen-bond acceptors (Lipinski definition) is 3. The summed E-state index contributed by atoms with van der Waals surface area (Å²) in [5, 5.41) is 20.9. The van der Waals surface area contributed by atoms with Gasteiger partial charge in [0.1, 0.15) is 0 Å². The van der Waals surface area contributed by atoms with Gasteiger partial charge in [-0.2, -0.15) is 18.4 Å². The van der Waals surface area contributed by atoms with Gasteiger partial charge in [0.2, 0.25) is 0 Å². The van der Waals surface area contributed by atoms with Crippen LogP contribution in [0.3, 0.4) is 0 Å². The summed E-state index contributed by atoms with van der Waals surface area (Å²) in [6, 6.07) is 5.04. The van der Waals surface area contributed by atoms with Crippen molar-refractivity contribution in [2.75, 3.05) is 18.5 Å². The average molecular weight is 300 g/mol. The van der Waals surface area contributed by atoms with Crippen LogP contribution >= 0.6 is 0 Å². The minimum atomic E-state index is -4.52. The fourth-order valence-corrected chi connectivity index (χ4v) is 2.20. The van der Waals surface area contributed by atoms with E-state index in [1.807, 2.05) is 6.92 Å². The Morgan fingerprint density at radius 2 is 2.05 bits per heavy atom. The lowest BCUT2D eigenvalue weighted by Crippen LogP contribution is -2.16. The lowest BCUT2D eigenvalue weighted by atomic mass is 10.00. The maximum Gasteiger partial charge on any atom is 0.417 e. The van der Waals surface area contributed by atoms with E-state index in [-0.39, 0.29) is 18.1 Å². The number of alkyl halides is 3. The van der Waals surface area contributed by atoms with Crippen LogP contribution < -0.4 is 5.32 Å². The summed E-state index contributed by atoms with van der Waals surface area (Å²) in [7, 11) is 0. The van der Waals surface area contributed by atoms with Gasteiger partial charge >= 0.3 is 6.18 Å².